The molecule has 2 N–H and O–H groups in total. The summed E-state index contributed by atoms with van der Waals surface area (Å²) in [7, 11) is 0. The number of nitrogens with zero attached hydrogens (tertiary/aromatic N) is 3. The molecule has 3 aliphatic rings. The Morgan fingerprint density at radius 3 is 2.42 bits per heavy atom. The van der Waals surface area contributed by atoms with Crippen LogP contribution < -0.4 is 10.7 Å². The summed E-state index contributed by atoms with van der Waals surface area (Å²) in [4.78, 5) is 22.7. The molecular weight excluding hydrogens is 450 g/mol. The molecule has 5 heterocycles. The van der Waals surface area contributed by atoms with Crippen molar-refractivity contribution in [1.29, 1.82) is 0 Å². The van der Waals surface area contributed by atoms with E-state index in [1.165, 1.54) is 5.56 Å². The maximum absolute atomic E-state index is 13.5. The zero-order valence-corrected chi connectivity index (χ0v) is 20.1. The fraction of sp³-hybridized carbons (Fsp3) is 0.310. The first kappa shape index (κ1) is 22.6. The summed E-state index contributed by atoms with van der Waals surface area (Å²) in [5.74, 6) is -0.00806. The van der Waals surface area contributed by atoms with Gasteiger partial charge in [-0.25, -0.2) is 0 Å². The van der Waals surface area contributed by atoms with Crippen molar-refractivity contribution >= 4 is 17.3 Å². The molecule has 0 radical (unpaired) electrons. The van der Waals surface area contributed by atoms with Crippen molar-refractivity contribution in [3.05, 3.63) is 102 Å². The van der Waals surface area contributed by atoms with Crippen molar-refractivity contribution in [3.63, 3.8) is 0 Å². The summed E-state index contributed by atoms with van der Waals surface area (Å²) in [6, 6.07) is 21.9. The first-order chi connectivity index (χ1) is 17.7. The molecule has 2 aromatic heterocycles. The van der Waals surface area contributed by atoms with Gasteiger partial charge in [-0.3, -0.25) is 20.2 Å². The lowest BCUT2D eigenvalue weighted by molar-refractivity contribution is -0.144. The van der Waals surface area contributed by atoms with Crippen LogP contribution >= 0.6 is 0 Å². The fourth-order valence-electron chi connectivity index (χ4n) is 5.67. The number of hydrogen-bond acceptors (Lipinski definition) is 6. The highest BCUT2D eigenvalue weighted by molar-refractivity contribution is 6.05. The first-order valence-electron chi connectivity index (χ1n) is 12.6. The summed E-state index contributed by atoms with van der Waals surface area (Å²) in [5.41, 5.74) is 8.22. The van der Waals surface area contributed by atoms with Crippen molar-refractivity contribution < 1.29 is 9.53 Å². The van der Waals surface area contributed by atoms with Crippen LogP contribution in [-0.2, 0) is 16.0 Å². The van der Waals surface area contributed by atoms with Crippen molar-refractivity contribution in [2.24, 2.45) is 11.0 Å². The lowest BCUT2D eigenvalue weighted by atomic mass is 9.77. The number of aromatic nitrogens is 2. The van der Waals surface area contributed by atoms with E-state index in [0.717, 1.165) is 47.6 Å². The quantitative estimate of drug-likeness (QED) is 0.560. The van der Waals surface area contributed by atoms with Gasteiger partial charge in [-0.2, -0.15) is 5.10 Å². The molecule has 3 aromatic rings. The summed E-state index contributed by atoms with van der Waals surface area (Å²) in [6.07, 6.45) is 7.06. The van der Waals surface area contributed by atoms with Crippen LogP contribution in [-0.4, -0.2) is 39.8 Å². The number of carbonyl (C=O) groups is 1. The van der Waals surface area contributed by atoms with Gasteiger partial charge in [0.1, 0.15) is 5.60 Å². The third kappa shape index (κ3) is 4.20. The van der Waals surface area contributed by atoms with Crippen LogP contribution in [0.25, 0.3) is 5.70 Å². The van der Waals surface area contributed by atoms with E-state index in [9.17, 15) is 4.79 Å². The molecule has 36 heavy (non-hydrogen) atoms. The standard InChI is InChI=1S/C29H29N5O2/c35-28(32-19-14-20-8-2-1-3-9-20)29-15-12-21-25(24(36-29)13-16-29)27(23-11-5-7-18-31-23)34-33-26(21)22-10-4-6-17-30-22/h1-11,17-18,21,24,34H,12-16,19H2,(H,32,35)/t21?,24-,29+/m1/s1. The Balaban J connectivity index is 1.29. The van der Waals surface area contributed by atoms with Gasteiger partial charge >= 0.3 is 0 Å². The van der Waals surface area contributed by atoms with Crippen LogP contribution in [0.2, 0.25) is 0 Å². The van der Waals surface area contributed by atoms with E-state index < -0.39 is 5.60 Å². The molecule has 2 bridgehead atoms. The molecule has 3 aliphatic heterocycles. The smallest absolute Gasteiger partial charge is 0.252 e. The van der Waals surface area contributed by atoms with Crippen LogP contribution in [0.1, 0.15) is 42.6 Å². The Bertz CT molecular complexity index is 1290. The molecule has 1 amide bonds. The van der Waals surface area contributed by atoms with E-state index in [2.05, 4.69) is 32.8 Å². The SMILES string of the molecule is O=C(NCCc1ccccc1)[C@]12CCC3C(c4ccccn4)=NNC(c4ccccn4)=C3[C@@H](CC1)O2. The minimum atomic E-state index is -0.823. The lowest BCUT2D eigenvalue weighted by Gasteiger charge is -2.30. The molecule has 7 heteroatoms. The van der Waals surface area contributed by atoms with Gasteiger partial charge in [0.2, 0.25) is 0 Å². The number of ether oxygens (including phenoxy) is 1. The van der Waals surface area contributed by atoms with Crippen molar-refractivity contribution in [3.8, 4) is 0 Å². The summed E-state index contributed by atoms with van der Waals surface area (Å²) < 4.78 is 6.67. The lowest BCUT2D eigenvalue weighted by Crippen LogP contribution is -2.47. The van der Waals surface area contributed by atoms with E-state index in [-0.39, 0.29) is 17.9 Å². The van der Waals surface area contributed by atoms with Crippen LogP contribution in [0.15, 0.2) is 89.8 Å². The summed E-state index contributed by atoms with van der Waals surface area (Å²) >= 11 is 0. The topological polar surface area (TPSA) is 88.5 Å². The number of pyridine rings is 2. The molecule has 1 unspecified atom stereocenters. The van der Waals surface area contributed by atoms with Crippen molar-refractivity contribution in [1.82, 2.24) is 20.7 Å². The largest absolute Gasteiger partial charge is 0.357 e. The predicted octanol–water partition coefficient (Wildman–Crippen LogP) is 3.88. The van der Waals surface area contributed by atoms with E-state index in [0.29, 0.717) is 19.4 Å². The van der Waals surface area contributed by atoms with Gasteiger partial charge in [0.25, 0.3) is 5.91 Å². The fourth-order valence-corrected chi connectivity index (χ4v) is 5.67. The molecule has 0 spiro atoms. The molecular formula is C29H29N5O2. The Kier molecular flexibility index (Phi) is 6.07. The molecule has 3 atom stereocenters. The third-order valence-corrected chi connectivity index (χ3v) is 7.45. The molecule has 2 fully saturated rings. The molecule has 0 saturated carbocycles. The number of fused-ring (bicyclic) bond motifs is 4. The van der Waals surface area contributed by atoms with Gasteiger partial charge in [0.05, 0.1) is 28.9 Å². The Hall–Kier alpha value is -3.84. The van der Waals surface area contributed by atoms with E-state index in [4.69, 9.17) is 9.84 Å². The monoisotopic (exact) mass is 479 g/mol. The zero-order chi connectivity index (χ0) is 24.4. The molecule has 1 aromatic carbocycles. The molecule has 182 valence electrons. The maximum atomic E-state index is 13.5. The Morgan fingerprint density at radius 1 is 0.944 bits per heavy atom. The number of carbonyl (C=O) groups excluding carboxylic acids is 1. The van der Waals surface area contributed by atoms with Gasteiger partial charge < -0.3 is 10.1 Å². The number of hydrogen-bond donors (Lipinski definition) is 2. The summed E-state index contributed by atoms with van der Waals surface area (Å²) in [5, 5.41) is 7.93. The molecule has 7 nitrogen and oxygen atoms in total. The van der Waals surface area contributed by atoms with Gasteiger partial charge in [-0.1, -0.05) is 42.5 Å². The number of hydrazone groups is 1. The van der Waals surface area contributed by atoms with Crippen LogP contribution in [0.3, 0.4) is 0 Å². The highest BCUT2D eigenvalue weighted by Gasteiger charge is 2.52. The second-order valence-corrected chi connectivity index (χ2v) is 9.59. The van der Waals surface area contributed by atoms with Gasteiger partial charge in [-0.15, -0.1) is 0 Å². The van der Waals surface area contributed by atoms with E-state index in [1.54, 1.807) is 12.4 Å². The average molecular weight is 480 g/mol. The third-order valence-electron chi connectivity index (χ3n) is 7.45. The van der Waals surface area contributed by atoms with Crippen molar-refractivity contribution in [2.45, 2.75) is 43.8 Å². The number of benzene rings is 1. The minimum absolute atomic E-state index is 0.00227. The van der Waals surface area contributed by atoms with E-state index in [1.807, 2.05) is 54.6 Å². The number of nitrogens with one attached hydrogen (secondary N) is 2. The maximum Gasteiger partial charge on any atom is 0.252 e. The Morgan fingerprint density at radius 2 is 1.67 bits per heavy atom. The first-order valence-corrected chi connectivity index (χ1v) is 12.6. The van der Waals surface area contributed by atoms with Gasteiger partial charge in [0, 0.05) is 24.9 Å². The second kappa shape index (κ2) is 9.66. The van der Waals surface area contributed by atoms with Crippen molar-refractivity contribution in [2.75, 3.05) is 6.54 Å². The average Bonchev–Trinajstić information content (AvgIpc) is 3.30. The zero-order valence-electron chi connectivity index (χ0n) is 20.1. The van der Waals surface area contributed by atoms with Gasteiger partial charge in [0.15, 0.2) is 0 Å². The van der Waals surface area contributed by atoms with Gasteiger partial charge in [-0.05, 0) is 67.5 Å². The predicted molar refractivity (Wildman–Crippen MR) is 138 cm³/mol. The highest BCUT2D eigenvalue weighted by atomic mass is 16.5. The highest BCUT2D eigenvalue weighted by Crippen LogP contribution is 2.48. The molecule has 6 rings (SSSR count). The van der Waals surface area contributed by atoms with Crippen LogP contribution in [0, 0.1) is 5.92 Å². The number of amides is 1. The Labute approximate surface area is 210 Å². The molecule has 2 saturated heterocycles. The summed E-state index contributed by atoms with van der Waals surface area (Å²) in [6.45, 7) is 0.589. The van der Waals surface area contributed by atoms with E-state index >= 15 is 0 Å². The normalized spacial score (nSPS) is 24.8. The number of rotatable bonds is 6. The van der Waals surface area contributed by atoms with Crippen LogP contribution in [0.4, 0.5) is 0 Å². The second-order valence-electron chi connectivity index (χ2n) is 9.59. The van der Waals surface area contributed by atoms with Crippen LogP contribution in [0.5, 0.6) is 0 Å². The molecule has 0 aliphatic carbocycles. The minimum Gasteiger partial charge on any atom is -0.357 e.